The smallest absolute Gasteiger partial charge is 0.305 e. The zero-order valence-electron chi connectivity index (χ0n) is 24.1. The topological polar surface area (TPSA) is 83.5 Å². The number of unbranched alkanes of at least 4 members (excludes halogenated alkanes) is 1. The normalized spacial score (nSPS) is 33.6. The van der Waals surface area contributed by atoms with Gasteiger partial charge in [0.2, 0.25) is 0 Å². The SMILES string of the molecule is COC(=O)CCCC=CC[C@@H]1[C@@H](C=C[C@@H](OC2CCCCO2)C2CCCCC2)[C@H](OC2CCCCO2)C[C@@H]1O. The first kappa shape index (κ1) is 30.7. The number of methoxy groups -OCH3 is 1. The van der Waals surface area contributed by atoms with Crippen molar-refractivity contribution in [3.8, 4) is 0 Å². The Morgan fingerprint density at radius 2 is 1.67 bits per heavy atom. The molecule has 2 aliphatic carbocycles. The Labute approximate surface area is 235 Å². The van der Waals surface area contributed by atoms with Crippen LogP contribution in [0.1, 0.15) is 103 Å². The zero-order chi connectivity index (χ0) is 27.3. The molecule has 0 aromatic rings. The van der Waals surface area contributed by atoms with Crippen LogP contribution < -0.4 is 0 Å². The molecule has 0 amide bonds. The fourth-order valence-electron chi connectivity index (χ4n) is 6.69. The van der Waals surface area contributed by atoms with Crippen molar-refractivity contribution in [2.24, 2.45) is 17.8 Å². The van der Waals surface area contributed by atoms with Crippen LogP contribution in [0, 0.1) is 17.8 Å². The van der Waals surface area contributed by atoms with E-state index in [4.69, 9.17) is 23.7 Å². The van der Waals surface area contributed by atoms with Crippen molar-refractivity contribution >= 4 is 5.97 Å². The molecule has 2 unspecified atom stereocenters. The van der Waals surface area contributed by atoms with E-state index in [0.29, 0.717) is 18.8 Å². The molecule has 2 saturated carbocycles. The maximum atomic E-state index is 11.4. The fraction of sp³-hybridized carbons (Fsp3) is 0.844. The summed E-state index contributed by atoms with van der Waals surface area (Å²) in [6.07, 6.45) is 24.1. The summed E-state index contributed by atoms with van der Waals surface area (Å²) in [5.41, 5.74) is 0. The predicted molar refractivity (Wildman–Crippen MR) is 150 cm³/mol. The van der Waals surface area contributed by atoms with E-state index in [9.17, 15) is 9.90 Å². The number of rotatable bonds is 13. The molecule has 222 valence electrons. The van der Waals surface area contributed by atoms with Gasteiger partial charge in [0.25, 0.3) is 0 Å². The van der Waals surface area contributed by atoms with E-state index in [0.717, 1.165) is 71.0 Å². The van der Waals surface area contributed by atoms with Crippen LogP contribution in [0.5, 0.6) is 0 Å². The zero-order valence-corrected chi connectivity index (χ0v) is 24.1. The molecule has 2 saturated heterocycles. The van der Waals surface area contributed by atoms with E-state index >= 15 is 0 Å². The number of carbonyl (C=O) groups excluding carboxylic acids is 1. The molecular weight excluding hydrogens is 496 g/mol. The summed E-state index contributed by atoms with van der Waals surface area (Å²) in [5.74, 6) is 0.510. The Kier molecular flexibility index (Phi) is 13.3. The lowest BCUT2D eigenvalue weighted by Crippen LogP contribution is -2.33. The van der Waals surface area contributed by atoms with Crippen molar-refractivity contribution in [1.82, 2.24) is 0 Å². The maximum absolute atomic E-state index is 11.4. The number of carbonyl (C=O) groups is 1. The van der Waals surface area contributed by atoms with Crippen molar-refractivity contribution in [2.45, 2.75) is 134 Å². The highest BCUT2D eigenvalue weighted by atomic mass is 16.7. The summed E-state index contributed by atoms with van der Waals surface area (Å²) in [6.45, 7) is 1.53. The Hall–Kier alpha value is -1.25. The molecule has 2 aliphatic heterocycles. The minimum Gasteiger partial charge on any atom is -0.469 e. The monoisotopic (exact) mass is 548 g/mol. The van der Waals surface area contributed by atoms with Crippen LogP contribution >= 0.6 is 0 Å². The quantitative estimate of drug-likeness (QED) is 0.166. The molecule has 7 nitrogen and oxygen atoms in total. The van der Waals surface area contributed by atoms with Gasteiger partial charge < -0.3 is 28.8 Å². The first-order chi connectivity index (χ1) is 19.1. The first-order valence-corrected chi connectivity index (χ1v) is 15.8. The predicted octanol–water partition coefficient (Wildman–Crippen LogP) is 6.23. The molecule has 4 aliphatic rings. The third-order valence-corrected chi connectivity index (χ3v) is 8.99. The third-order valence-electron chi connectivity index (χ3n) is 8.99. The van der Waals surface area contributed by atoms with Crippen molar-refractivity contribution < 1.29 is 33.6 Å². The van der Waals surface area contributed by atoms with E-state index in [1.165, 1.54) is 39.2 Å². The van der Waals surface area contributed by atoms with Crippen molar-refractivity contribution in [2.75, 3.05) is 20.3 Å². The summed E-state index contributed by atoms with van der Waals surface area (Å²) >= 11 is 0. The molecule has 4 rings (SSSR count). The van der Waals surface area contributed by atoms with Crippen LogP contribution in [0.4, 0.5) is 0 Å². The van der Waals surface area contributed by atoms with E-state index < -0.39 is 6.10 Å². The second kappa shape index (κ2) is 16.9. The fourth-order valence-corrected chi connectivity index (χ4v) is 6.69. The Morgan fingerprint density at radius 3 is 2.36 bits per heavy atom. The summed E-state index contributed by atoms with van der Waals surface area (Å²) in [7, 11) is 1.43. The second-order valence-corrected chi connectivity index (χ2v) is 11.9. The van der Waals surface area contributed by atoms with Gasteiger partial charge >= 0.3 is 5.97 Å². The van der Waals surface area contributed by atoms with Crippen LogP contribution in [-0.4, -0.2) is 62.3 Å². The van der Waals surface area contributed by atoms with Gasteiger partial charge in [0.1, 0.15) is 0 Å². The van der Waals surface area contributed by atoms with Crippen molar-refractivity contribution in [3.05, 3.63) is 24.3 Å². The molecule has 4 fully saturated rings. The van der Waals surface area contributed by atoms with Gasteiger partial charge in [-0.3, -0.25) is 4.79 Å². The van der Waals surface area contributed by atoms with Crippen LogP contribution in [0.25, 0.3) is 0 Å². The van der Waals surface area contributed by atoms with E-state index in [1.807, 2.05) is 0 Å². The minimum atomic E-state index is -0.427. The van der Waals surface area contributed by atoms with E-state index in [-0.39, 0.29) is 42.6 Å². The van der Waals surface area contributed by atoms with E-state index in [2.05, 4.69) is 24.3 Å². The minimum absolute atomic E-state index is 0.0345. The van der Waals surface area contributed by atoms with Crippen LogP contribution in [0.2, 0.25) is 0 Å². The number of esters is 1. The largest absolute Gasteiger partial charge is 0.469 e. The summed E-state index contributed by atoms with van der Waals surface area (Å²) in [4.78, 5) is 11.4. The average Bonchev–Trinajstić information content (AvgIpc) is 3.27. The molecule has 7 atom stereocenters. The highest BCUT2D eigenvalue weighted by Gasteiger charge is 2.42. The second-order valence-electron chi connectivity index (χ2n) is 11.9. The maximum Gasteiger partial charge on any atom is 0.305 e. The third kappa shape index (κ3) is 9.96. The van der Waals surface area contributed by atoms with Gasteiger partial charge in [-0.25, -0.2) is 0 Å². The molecular formula is C32H52O7. The Balaban J connectivity index is 1.43. The molecule has 0 spiro atoms. The van der Waals surface area contributed by atoms with Crippen LogP contribution in [-0.2, 0) is 28.5 Å². The van der Waals surface area contributed by atoms with Gasteiger partial charge in [-0.05, 0) is 82.5 Å². The van der Waals surface area contributed by atoms with Gasteiger partial charge in [-0.15, -0.1) is 0 Å². The molecule has 2 heterocycles. The van der Waals surface area contributed by atoms with Crippen LogP contribution in [0.15, 0.2) is 24.3 Å². The van der Waals surface area contributed by atoms with Gasteiger partial charge in [0.15, 0.2) is 12.6 Å². The van der Waals surface area contributed by atoms with Crippen molar-refractivity contribution in [3.63, 3.8) is 0 Å². The molecule has 0 aromatic carbocycles. The van der Waals surface area contributed by atoms with Gasteiger partial charge in [-0.2, -0.15) is 0 Å². The molecule has 39 heavy (non-hydrogen) atoms. The van der Waals surface area contributed by atoms with Crippen molar-refractivity contribution in [1.29, 1.82) is 0 Å². The number of aliphatic hydroxyl groups is 1. The molecule has 1 N–H and O–H groups in total. The standard InChI is InChI=1S/C32H52O7/c1-35-30(34)16-8-3-2-7-15-25-26(29(23-27(25)33)39-32-18-10-12-22-37-32)19-20-28(24-13-5-4-6-14-24)38-31-17-9-11-21-36-31/h2,7,19-20,24-29,31-33H,3-6,8-18,21-23H2,1H3/t25-,26-,27+,28-,29-,31?,32?/m1/s1. The molecule has 0 aromatic heterocycles. The Bertz CT molecular complexity index is 750. The Morgan fingerprint density at radius 1 is 0.949 bits per heavy atom. The number of hydrogen-bond acceptors (Lipinski definition) is 7. The molecule has 0 radical (unpaired) electrons. The highest BCUT2D eigenvalue weighted by molar-refractivity contribution is 5.69. The summed E-state index contributed by atoms with van der Waals surface area (Å²) in [5, 5.41) is 11.1. The van der Waals surface area contributed by atoms with Crippen LogP contribution in [0.3, 0.4) is 0 Å². The lowest BCUT2D eigenvalue weighted by molar-refractivity contribution is -0.193. The molecule has 0 bridgehead atoms. The van der Waals surface area contributed by atoms with E-state index in [1.54, 1.807) is 0 Å². The first-order valence-electron chi connectivity index (χ1n) is 15.8. The number of ether oxygens (including phenoxy) is 5. The summed E-state index contributed by atoms with van der Waals surface area (Å²) < 4.78 is 29.7. The average molecular weight is 549 g/mol. The number of aliphatic hydroxyl groups excluding tert-OH is 1. The van der Waals surface area contributed by atoms with Gasteiger partial charge in [0.05, 0.1) is 25.4 Å². The van der Waals surface area contributed by atoms with Gasteiger partial charge in [-0.1, -0.05) is 43.6 Å². The lowest BCUT2D eigenvalue weighted by atomic mass is 9.83. The molecule has 7 heteroatoms. The van der Waals surface area contributed by atoms with Gasteiger partial charge in [0, 0.05) is 32.0 Å². The number of hydrogen-bond donors (Lipinski definition) is 1. The number of allylic oxidation sites excluding steroid dienone is 2. The highest BCUT2D eigenvalue weighted by Crippen LogP contribution is 2.40. The lowest BCUT2D eigenvalue weighted by Gasteiger charge is -2.33. The summed E-state index contributed by atoms with van der Waals surface area (Å²) in [6, 6.07) is 0.